The van der Waals surface area contributed by atoms with Gasteiger partial charge >= 0.3 is 5.97 Å². The SMILES string of the molecule is O=C(O)c1ccoc1CSc1nc2ccccc2[nH]1. The molecule has 0 fully saturated rings. The average Bonchev–Trinajstić information content (AvgIpc) is 3.02. The number of carbonyl (C=O) groups is 1. The van der Waals surface area contributed by atoms with Crippen LogP contribution in [-0.4, -0.2) is 21.0 Å². The number of furan rings is 1. The zero-order valence-electron chi connectivity index (χ0n) is 9.79. The highest BCUT2D eigenvalue weighted by Gasteiger charge is 2.14. The van der Waals surface area contributed by atoms with Gasteiger partial charge in [0.15, 0.2) is 5.16 Å². The Hall–Kier alpha value is -2.21. The monoisotopic (exact) mass is 274 g/mol. The zero-order valence-corrected chi connectivity index (χ0v) is 10.6. The second-order valence-electron chi connectivity index (χ2n) is 3.91. The molecule has 0 saturated carbocycles. The fourth-order valence-corrected chi connectivity index (χ4v) is 2.61. The Labute approximate surface area is 112 Å². The first-order chi connectivity index (χ1) is 9.24. The van der Waals surface area contributed by atoms with Crippen molar-refractivity contribution in [3.8, 4) is 0 Å². The Morgan fingerprint density at radius 1 is 1.37 bits per heavy atom. The molecule has 2 heterocycles. The van der Waals surface area contributed by atoms with Crippen LogP contribution >= 0.6 is 11.8 Å². The molecule has 96 valence electrons. The molecule has 0 saturated heterocycles. The quantitative estimate of drug-likeness (QED) is 0.714. The molecular formula is C13H10N2O3S. The minimum Gasteiger partial charge on any atom is -0.478 e. The lowest BCUT2D eigenvalue weighted by Crippen LogP contribution is -1.97. The Morgan fingerprint density at radius 3 is 3.00 bits per heavy atom. The van der Waals surface area contributed by atoms with Crippen molar-refractivity contribution in [2.45, 2.75) is 10.9 Å². The van der Waals surface area contributed by atoms with E-state index in [4.69, 9.17) is 9.52 Å². The van der Waals surface area contributed by atoms with Crippen LogP contribution in [-0.2, 0) is 5.75 Å². The molecule has 3 rings (SSSR count). The largest absolute Gasteiger partial charge is 0.478 e. The van der Waals surface area contributed by atoms with Crippen LogP contribution in [0.3, 0.4) is 0 Å². The smallest absolute Gasteiger partial charge is 0.339 e. The molecule has 0 spiro atoms. The number of nitrogens with zero attached hydrogens (tertiary/aromatic N) is 1. The highest BCUT2D eigenvalue weighted by Crippen LogP contribution is 2.25. The molecule has 2 N–H and O–H groups in total. The number of fused-ring (bicyclic) bond motifs is 1. The number of hydrogen-bond donors (Lipinski definition) is 2. The number of para-hydroxylation sites is 2. The van der Waals surface area contributed by atoms with E-state index < -0.39 is 5.97 Å². The maximum absolute atomic E-state index is 10.9. The van der Waals surface area contributed by atoms with E-state index in [9.17, 15) is 4.79 Å². The summed E-state index contributed by atoms with van der Waals surface area (Å²) in [5, 5.41) is 9.72. The molecule has 5 nitrogen and oxygen atoms in total. The first-order valence-electron chi connectivity index (χ1n) is 5.61. The van der Waals surface area contributed by atoms with E-state index >= 15 is 0 Å². The molecule has 1 aromatic carbocycles. The molecule has 0 aliphatic rings. The van der Waals surface area contributed by atoms with Crippen LogP contribution in [0.15, 0.2) is 46.2 Å². The van der Waals surface area contributed by atoms with Crippen molar-refractivity contribution in [3.05, 3.63) is 47.9 Å². The van der Waals surface area contributed by atoms with E-state index in [0.29, 0.717) is 11.5 Å². The van der Waals surface area contributed by atoms with Gasteiger partial charge in [0.1, 0.15) is 11.3 Å². The third-order valence-electron chi connectivity index (χ3n) is 2.68. The van der Waals surface area contributed by atoms with Crippen LogP contribution in [0.4, 0.5) is 0 Å². The third-order valence-corrected chi connectivity index (χ3v) is 3.56. The van der Waals surface area contributed by atoms with Gasteiger partial charge in [-0.15, -0.1) is 0 Å². The molecule has 6 heteroatoms. The second-order valence-corrected chi connectivity index (χ2v) is 4.87. The van der Waals surface area contributed by atoms with E-state index in [2.05, 4.69) is 9.97 Å². The minimum absolute atomic E-state index is 0.198. The van der Waals surface area contributed by atoms with Crippen LogP contribution in [0.2, 0.25) is 0 Å². The molecule has 19 heavy (non-hydrogen) atoms. The lowest BCUT2D eigenvalue weighted by atomic mass is 10.3. The van der Waals surface area contributed by atoms with Gasteiger partial charge in [0.25, 0.3) is 0 Å². The number of aromatic amines is 1. The topological polar surface area (TPSA) is 79.1 Å². The summed E-state index contributed by atoms with van der Waals surface area (Å²) in [5.41, 5.74) is 2.05. The van der Waals surface area contributed by atoms with Gasteiger partial charge in [-0.05, 0) is 18.2 Å². The Bertz CT molecular complexity index is 699. The van der Waals surface area contributed by atoms with Crippen molar-refractivity contribution >= 4 is 28.8 Å². The summed E-state index contributed by atoms with van der Waals surface area (Å²) in [5.74, 6) is -0.110. The van der Waals surface area contributed by atoms with Crippen molar-refractivity contribution in [2.24, 2.45) is 0 Å². The fraction of sp³-hybridized carbons (Fsp3) is 0.0769. The van der Waals surface area contributed by atoms with Crippen LogP contribution in [0.25, 0.3) is 11.0 Å². The Kier molecular flexibility index (Phi) is 3.00. The van der Waals surface area contributed by atoms with Gasteiger partial charge in [0, 0.05) is 0 Å². The van der Waals surface area contributed by atoms with Gasteiger partial charge in [-0.1, -0.05) is 23.9 Å². The normalized spacial score (nSPS) is 10.9. The molecule has 0 aliphatic heterocycles. The standard InChI is InChI=1S/C13H10N2O3S/c16-12(17)8-5-6-18-11(8)7-19-13-14-9-3-1-2-4-10(9)15-13/h1-6H,7H2,(H,14,15)(H,16,17). The summed E-state index contributed by atoms with van der Waals surface area (Å²) < 4.78 is 5.18. The minimum atomic E-state index is -0.978. The number of rotatable bonds is 4. The zero-order chi connectivity index (χ0) is 13.2. The number of carboxylic acids is 1. The first kappa shape index (κ1) is 11.9. The van der Waals surface area contributed by atoms with Gasteiger partial charge in [-0.3, -0.25) is 0 Å². The third kappa shape index (κ3) is 2.34. The van der Waals surface area contributed by atoms with Crippen molar-refractivity contribution in [1.82, 2.24) is 9.97 Å². The summed E-state index contributed by atoms with van der Waals surface area (Å²) in [6.45, 7) is 0. The van der Waals surface area contributed by atoms with Gasteiger partial charge < -0.3 is 14.5 Å². The van der Waals surface area contributed by atoms with Crippen LogP contribution in [0.5, 0.6) is 0 Å². The molecule has 0 atom stereocenters. The van der Waals surface area contributed by atoms with Crippen LogP contribution in [0, 0.1) is 0 Å². The molecule has 0 unspecified atom stereocenters. The van der Waals surface area contributed by atoms with E-state index in [0.717, 1.165) is 16.2 Å². The van der Waals surface area contributed by atoms with Crippen molar-refractivity contribution in [3.63, 3.8) is 0 Å². The summed E-state index contributed by atoms with van der Waals surface area (Å²) in [4.78, 5) is 18.5. The maximum Gasteiger partial charge on any atom is 0.339 e. The number of carboxylic acid groups (broad SMARTS) is 1. The number of H-pyrrole nitrogens is 1. The molecule has 0 amide bonds. The van der Waals surface area contributed by atoms with Gasteiger partial charge in [-0.2, -0.15) is 0 Å². The number of nitrogens with one attached hydrogen (secondary N) is 1. The van der Waals surface area contributed by atoms with Crippen LogP contribution in [0.1, 0.15) is 16.1 Å². The van der Waals surface area contributed by atoms with E-state index in [1.165, 1.54) is 24.1 Å². The van der Waals surface area contributed by atoms with E-state index in [1.54, 1.807) is 0 Å². The molecule has 2 aromatic heterocycles. The number of thioether (sulfide) groups is 1. The molecule has 0 aliphatic carbocycles. The first-order valence-corrected chi connectivity index (χ1v) is 6.60. The van der Waals surface area contributed by atoms with Crippen molar-refractivity contribution in [2.75, 3.05) is 0 Å². The number of aromatic nitrogens is 2. The highest BCUT2D eigenvalue weighted by atomic mass is 32.2. The second kappa shape index (κ2) is 4.81. The maximum atomic E-state index is 10.9. The number of imidazole rings is 1. The molecule has 3 aromatic rings. The predicted molar refractivity (Wildman–Crippen MR) is 71.3 cm³/mol. The van der Waals surface area contributed by atoms with Gasteiger partial charge in [0.05, 0.1) is 23.0 Å². The lowest BCUT2D eigenvalue weighted by molar-refractivity contribution is 0.0695. The van der Waals surface area contributed by atoms with Crippen molar-refractivity contribution in [1.29, 1.82) is 0 Å². The number of hydrogen-bond acceptors (Lipinski definition) is 4. The molecule has 0 bridgehead atoms. The Balaban J connectivity index is 1.78. The number of aromatic carboxylic acids is 1. The Morgan fingerprint density at radius 2 is 2.21 bits per heavy atom. The molecule has 0 radical (unpaired) electrons. The predicted octanol–water partition coefficient (Wildman–Crippen LogP) is 3.15. The van der Waals surface area contributed by atoms with E-state index in [1.807, 2.05) is 24.3 Å². The summed E-state index contributed by atoms with van der Waals surface area (Å²) in [6.07, 6.45) is 1.39. The van der Waals surface area contributed by atoms with Gasteiger partial charge in [0.2, 0.25) is 0 Å². The van der Waals surface area contributed by atoms with Crippen molar-refractivity contribution < 1.29 is 14.3 Å². The lowest BCUT2D eigenvalue weighted by Gasteiger charge is -1.96. The van der Waals surface area contributed by atoms with E-state index in [-0.39, 0.29) is 5.56 Å². The average molecular weight is 274 g/mol. The summed E-state index contributed by atoms with van der Waals surface area (Å²) in [7, 11) is 0. The highest BCUT2D eigenvalue weighted by molar-refractivity contribution is 7.98. The molecular weight excluding hydrogens is 264 g/mol. The van der Waals surface area contributed by atoms with Gasteiger partial charge in [-0.25, -0.2) is 9.78 Å². The van der Waals surface area contributed by atoms with Crippen LogP contribution < -0.4 is 0 Å². The summed E-state index contributed by atoms with van der Waals surface area (Å²) >= 11 is 1.41. The summed E-state index contributed by atoms with van der Waals surface area (Å²) in [6, 6.07) is 9.18. The fourth-order valence-electron chi connectivity index (χ4n) is 1.77. The number of benzene rings is 1.